The SMILES string of the molecule is Cn1ncc2c1CCC[C@@H]2NC(=O)[C@@H]1CO[C@H]2C=CC=C[C@H]2O1. The molecule has 0 unspecified atom stereocenters. The predicted octanol–water partition coefficient (Wildman–Crippen LogP) is 1.19. The lowest BCUT2D eigenvalue weighted by molar-refractivity contribution is -0.168. The Kier molecular flexibility index (Phi) is 3.79. The zero-order chi connectivity index (χ0) is 15.8. The van der Waals surface area contributed by atoms with Gasteiger partial charge in [-0.15, -0.1) is 0 Å². The Bertz CT molecular complexity index is 664. The molecule has 122 valence electrons. The second kappa shape index (κ2) is 5.94. The number of aromatic nitrogens is 2. The van der Waals surface area contributed by atoms with Crippen molar-refractivity contribution in [1.29, 1.82) is 0 Å². The van der Waals surface area contributed by atoms with Gasteiger partial charge in [0.25, 0.3) is 5.91 Å². The van der Waals surface area contributed by atoms with Gasteiger partial charge in [-0.1, -0.05) is 24.3 Å². The average Bonchev–Trinajstić information content (AvgIpc) is 2.97. The highest BCUT2D eigenvalue weighted by Gasteiger charge is 2.35. The zero-order valence-electron chi connectivity index (χ0n) is 13.1. The van der Waals surface area contributed by atoms with Gasteiger partial charge in [0.2, 0.25) is 0 Å². The molecule has 1 saturated heterocycles. The quantitative estimate of drug-likeness (QED) is 0.890. The number of carbonyl (C=O) groups is 1. The molecule has 1 aliphatic heterocycles. The van der Waals surface area contributed by atoms with E-state index in [2.05, 4.69) is 10.4 Å². The highest BCUT2D eigenvalue weighted by atomic mass is 16.6. The summed E-state index contributed by atoms with van der Waals surface area (Å²) in [6.07, 6.45) is 11.8. The number of fused-ring (bicyclic) bond motifs is 2. The number of hydrogen-bond acceptors (Lipinski definition) is 4. The fourth-order valence-corrected chi connectivity index (χ4v) is 3.53. The summed E-state index contributed by atoms with van der Waals surface area (Å²) in [7, 11) is 1.95. The maximum atomic E-state index is 12.6. The van der Waals surface area contributed by atoms with Crippen molar-refractivity contribution in [1.82, 2.24) is 15.1 Å². The van der Waals surface area contributed by atoms with E-state index in [1.807, 2.05) is 42.2 Å². The Balaban J connectivity index is 1.43. The van der Waals surface area contributed by atoms with Crippen molar-refractivity contribution in [3.8, 4) is 0 Å². The smallest absolute Gasteiger partial charge is 0.252 e. The number of aryl methyl sites for hydroxylation is 1. The zero-order valence-corrected chi connectivity index (χ0v) is 13.1. The molecule has 6 heteroatoms. The van der Waals surface area contributed by atoms with Crippen LogP contribution in [0.2, 0.25) is 0 Å². The van der Waals surface area contributed by atoms with E-state index in [9.17, 15) is 4.79 Å². The highest BCUT2D eigenvalue weighted by molar-refractivity contribution is 5.81. The van der Waals surface area contributed by atoms with Gasteiger partial charge >= 0.3 is 0 Å². The lowest BCUT2D eigenvalue weighted by atomic mass is 9.93. The molecular formula is C17H21N3O3. The van der Waals surface area contributed by atoms with Gasteiger partial charge in [0.05, 0.1) is 18.8 Å². The monoisotopic (exact) mass is 315 g/mol. The van der Waals surface area contributed by atoms with Crippen molar-refractivity contribution in [2.45, 2.75) is 43.6 Å². The topological polar surface area (TPSA) is 65.4 Å². The third-order valence-corrected chi connectivity index (χ3v) is 4.78. The van der Waals surface area contributed by atoms with Crippen molar-refractivity contribution in [2.24, 2.45) is 7.05 Å². The average molecular weight is 315 g/mol. The lowest BCUT2D eigenvalue weighted by Gasteiger charge is -2.35. The molecule has 3 aliphatic rings. The number of carbonyl (C=O) groups excluding carboxylic acids is 1. The Hall–Kier alpha value is -1.92. The van der Waals surface area contributed by atoms with Crippen LogP contribution >= 0.6 is 0 Å². The van der Waals surface area contributed by atoms with Gasteiger partial charge in [0, 0.05) is 18.3 Å². The summed E-state index contributed by atoms with van der Waals surface area (Å²) >= 11 is 0. The van der Waals surface area contributed by atoms with E-state index in [-0.39, 0.29) is 30.8 Å². The van der Waals surface area contributed by atoms with E-state index >= 15 is 0 Å². The van der Waals surface area contributed by atoms with Crippen LogP contribution in [0.5, 0.6) is 0 Å². The molecule has 4 rings (SSSR count). The summed E-state index contributed by atoms with van der Waals surface area (Å²) in [6.45, 7) is 0.289. The molecule has 23 heavy (non-hydrogen) atoms. The van der Waals surface area contributed by atoms with Crippen LogP contribution in [0.3, 0.4) is 0 Å². The van der Waals surface area contributed by atoms with Gasteiger partial charge in [-0.2, -0.15) is 5.10 Å². The molecule has 0 saturated carbocycles. The molecule has 1 fully saturated rings. The number of allylic oxidation sites excluding steroid dienone is 2. The lowest BCUT2D eigenvalue weighted by Crippen LogP contribution is -2.50. The maximum Gasteiger partial charge on any atom is 0.252 e. The van der Waals surface area contributed by atoms with Crippen LogP contribution in [0.15, 0.2) is 30.5 Å². The standard InChI is InChI=1S/C17H21N3O3/c1-20-13-6-4-5-12(11(13)9-18-20)19-17(21)16-10-22-14-7-2-3-8-15(14)23-16/h2-3,7-9,12,14-16H,4-6,10H2,1H3,(H,19,21)/t12-,14-,15+,16-/m0/s1. The minimum atomic E-state index is -0.561. The highest BCUT2D eigenvalue weighted by Crippen LogP contribution is 2.29. The maximum absolute atomic E-state index is 12.6. The van der Waals surface area contributed by atoms with E-state index in [0.717, 1.165) is 24.8 Å². The number of hydrogen-bond donors (Lipinski definition) is 1. The van der Waals surface area contributed by atoms with Crippen LogP contribution in [0.1, 0.15) is 30.1 Å². The first-order valence-corrected chi connectivity index (χ1v) is 8.15. The molecule has 4 atom stereocenters. The van der Waals surface area contributed by atoms with Gasteiger partial charge in [-0.05, 0) is 19.3 Å². The normalized spacial score (nSPS) is 32.2. The Morgan fingerprint density at radius 1 is 1.35 bits per heavy atom. The molecule has 1 amide bonds. The molecular weight excluding hydrogens is 294 g/mol. The number of nitrogens with one attached hydrogen (secondary N) is 1. The molecule has 0 aromatic carbocycles. The number of ether oxygens (including phenoxy) is 2. The minimum Gasteiger partial charge on any atom is -0.368 e. The first-order valence-electron chi connectivity index (χ1n) is 8.15. The third kappa shape index (κ3) is 2.72. The molecule has 6 nitrogen and oxygen atoms in total. The number of nitrogens with zero attached hydrogens (tertiary/aromatic N) is 2. The van der Waals surface area contributed by atoms with Crippen LogP contribution < -0.4 is 5.32 Å². The molecule has 2 heterocycles. The second-order valence-electron chi connectivity index (χ2n) is 6.28. The number of rotatable bonds is 2. The minimum absolute atomic E-state index is 0.0167. The third-order valence-electron chi connectivity index (χ3n) is 4.78. The molecule has 2 aliphatic carbocycles. The van der Waals surface area contributed by atoms with Gasteiger partial charge in [0.1, 0.15) is 12.2 Å². The Morgan fingerprint density at radius 3 is 3.04 bits per heavy atom. The number of amides is 1. The first kappa shape index (κ1) is 14.7. The van der Waals surface area contributed by atoms with Crippen LogP contribution in [0, 0.1) is 0 Å². The summed E-state index contributed by atoms with van der Waals surface area (Å²) in [5.74, 6) is -0.104. The van der Waals surface area contributed by atoms with E-state index in [1.165, 1.54) is 5.69 Å². The van der Waals surface area contributed by atoms with Crippen LogP contribution in [-0.2, 0) is 27.7 Å². The van der Waals surface area contributed by atoms with Crippen LogP contribution in [-0.4, -0.2) is 40.6 Å². The second-order valence-corrected chi connectivity index (χ2v) is 6.28. The van der Waals surface area contributed by atoms with Crippen molar-refractivity contribution < 1.29 is 14.3 Å². The summed E-state index contributed by atoms with van der Waals surface area (Å²) < 4.78 is 13.5. The molecule has 0 bridgehead atoms. The molecule has 0 spiro atoms. The fraction of sp³-hybridized carbons (Fsp3) is 0.529. The van der Waals surface area contributed by atoms with Crippen molar-refractivity contribution in [2.75, 3.05) is 6.61 Å². The van der Waals surface area contributed by atoms with Gasteiger partial charge < -0.3 is 14.8 Å². The van der Waals surface area contributed by atoms with Gasteiger partial charge in [-0.3, -0.25) is 9.48 Å². The Morgan fingerprint density at radius 2 is 2.17 bits per heavy atom. The van der Waals surface area contributed by atoms with Crippen molar-refractivity contribution in [3.63, 3.8) is 0 Å². The first-order chi connectivity index (χ1) is 11.2. The largest absolute Gasteiger partial charge is 0.368 e. The van der Waals surface area contributed by atoms with Crippen molar-refractivity contribution in [3.05, 3.63) is 41.8 Å². The Labute approximate surface area is 135 Å². The predicted molar refractivity (Wildman–Crippen MR) is 83.7 cm³/mol. The van der Waals surface area contributed by atoms with E-state index < -0.39 is 6.10 Å². The molecule has 1 aromatic heterocycles. The van der Waals surface area contributed by atoms with Gasteiger partial charge in [-0.25, -0.2) is 0 Å². The molecule has 1 aromatic rings. The summed E-state index contributed by atoms with van der Waals surface area (Å²) in [4.78, 5) is 12.6. The van der Waals surface area contributed by atoms with Crippen LogP contribution in [0.25, 0.3) is 0 Å². The van der Waals surface area contributed by atoms with E-state index in [1.54, 1.807) is 0 Å². The van der Waals surface area contributed by atoms with E-state index in [4.69, 9.17) is 9.47 Å². The van der Waals surface area contributed by atoms with Gasteiger partial charge in [0.15, 0.2) is 6.10 Å². The fourth-order valence-electron chi connectivity index (χ4n) is 3.53. The van der Waals surface area contributed by atoms with Crippen LogP contribution in [0.4, 0.5) is 0 Å². The molecule has 1 N–H and O–H groups in total. The van der Waals surface area contributed by atoms with E-state index in [0.29, 0.717) is 0 Å². The summed E-state index contributed by atoms with van der Waals surface area (Å²) in [5, 5.41) is 7.43. The van der Waals surface area contributed by atoms with Crippen molar-refractivity contribution >= 4 is 5.91 Å². The summed E-state index contributed by atoms with van der Waals surface area (Å²) in [6, 6.07) is 0.0167. The summed E-state index contributed by atoms with van der Waals surface area (Å²) in [5.41, 5.74) is 2.34. The molecule has 0 radical (unpaired) electrons.